The standard InChI is InChI=1S/C14H14BrN3O3/c1-18(6-5-12(19)20)14(21)17-11-4-2-3-9-7-10(15)8-16-13(9)11/h2-4,7-8H,5-6H2,1H3,(H,17,21)(H,19,20). The second kappa shape index (κ2) is 6.53. The van der Waals surface area contributed by atoms with Crippen LogP contribution in [0.2, 0.25) is 0 Å². The Labute approximate surface area is 129 Å². The Balaban J connectivity index is 2.16. The van der Waals surface area contributed by atoms with Crippen LogP contribution in [-0.4, -0.2) is 40.6 Å². The second-order valence-electron chi connectivity index (χ2n) is 4.53. The molecule has 0 unspecified atom stereocenters. The van der Waals surface area contributed by atoms with E-state index in [1.54, 1.807) is 19.3 Å². The van der Waals surface area contributed by atoms with Gasteiger partial charge in [0.2, 0.25) is 0 Å². The number of halogens is 1. The third-order valence-corrected chi connectivity index (χ3v) is 3.36. The minimum Gasteiger partial charge on any atom is -0.481 e. The van der Waals surface area contributed by atoms with Crippen LogP contribution in [0.5, 0.6) is 0 Å². The Bertz CT molecular complexity index is 690. The van der Waals surface area contributed by atoms with Gasteiger partial charge in [-0.1, -0.05) is 12.1 Å². The first-order chi connectivity index (χ1) is 9.97. The maximum Gasteiger partial charge on any atom is 0.321 e. The number of anilines is 1. The Hall–Kier alpha value is -2.15. The molecular formula is C14H14BrN3O3. The summed E-state index contributed by atoms with van der Waals surface area (Å²) in [7, 11) is 1.55. The molecule has 0 aliphatic carbocycles. The lowest BCUT2D eigenvalue weighted by Gasteiger charge is -2.17. The number of aliphatic carboxylic acids is 1. The number of aromatic nitrogens is 1. The predicted molar refractivity (Wildman–Crippen MR) is 83.3 cm³/mol. The number of nitrogens with zero attached hydrogens (tertiary/aromatic N) is 2. The number of carbonyl (C=O) groups is 2. The summed E-state index contributed by atoms with van der Waals surface area (Å²) >= 11 is 3.35. The van der Waals surface area contributed by atoms with Gasteiger partial charge in [0.05, 0.1) is 17.6 Å². The third kappa shape index (κ3) is 3.91. The van der Waals surface area contributed by atoms with E-state index >= 15 is 0 Å². The molecular weight excluding hydrogens is 338 g/mol. The number of rotatable bonds is 4. The van der Waals surface area contributed by atoms with Gasteiger partial charge in [-0.05, 0) is 28.1 Å². The Morgan fingerprint density at radius 2 is 2.19 bits per heavy atom. The van der Waals surface area contributed by atoms with Gasteiger partial charge in [0.15, 0.2) is 0 Å². The number of urea groups is 1. The summed E-state index contributed by atoms with van der Waals surface area (Å²) < 4.78 is 0.858. The third-order valence-electron chi connectivity index (χ3n) is 2.93. The lowest BCUT2D eigenvalue weighted by atomic mass is 10.2. The molecule has 0 radical (unpaired) electrons. The lowest BCUT2D eigenvalue weighted by Crippen LogP contribution is -2.33. The van der Waals surface area contributed by atoms with Crippen LogP contribution >= 0.6 is 15.9 Å². The van der Waals surface area contributed by atoms with E-state index in [0.29, 0.717) is 11.2 Å². The summed E-state index contributed by atoms with van der Waals surface area (Å²) in [6, 6.07) is 7.02. The number of nitrogens with one attached hydrogen (secondary N) is 1. The molecule has 0 spiro atoms. The Morgan fingerprint density at radius 3 is 2.90 bits per heavy atom. The van der Waals surface area contributed by atoms with Crippen molar-refractivity contribution < 1.29 is 14.7 Å². The maximum absolute atomic E-state index is 12.0. The van der Waals surface area contributed by atoms with Gasteiger partial charge in [-0.15, -0.1) is 0 Å². The molecule has 6 nitrogen and oxygen atoms in total. The molecule has 0 saturated heterocycles. The number of para-hydroxylation sites is 1. The zero-order chi connectivity index (χ0) is 15.4. The van der Waals surface area contributed by atoms with Crippen molar-refractivity contribution in [1.82, 2.24) is 9.88 Å². The van der Waals surface area contributed by atoms with E-state index in [9.17, 15) is 9.59 Å². The van der Waals surface area contributed by atoms with E-state index < -0.39 is 5.97 Å². The summed E-state index contributed by atoms with van der Waals surface area (Å²) in [5.74, 6) is -0.939. The smallest absolute Gasteiger partial charge is 0.321 e. The van der Waals surface area contributed by atoms with Gasteiger partial charge in [0.1, 0.15) is 0 Å². The largest absolute Gasteiger partial charge is 0.481 e. The maximum atomic E-state index is 12.0. The zero-order valence-electron chi connectivity index (χ0n) is 11.3. The number of carbonyl (C=O) groups excluding carboxylic acids is 1. The molecule has 0 atom stereocenters. The number of carboxylic acid groups (broad SMARTS) is 1. The zero-order valence-corrected chi connectivity index (χ0v) is 12.9. The van der Waals surface area contributed by atoms with Gasteiger partial charge < -0.3 is 15.3 Å². The van der Waals surface area contributed by atoms with E-state index in [0.717, 1.165) is 9.86 Å². The highest BCUT2D eigenvalue weighted by Gasteiger charge is 2.12. The van der Waals surface area contributed by atoms with Crippen LogP contribution in [0.15, 0.2) is 34.9 Å². The fourth-order valence-corrected chi connectivity index (χ4v) is 2.16. The molecule has 0 bridgehead atoms. The highest BCUT2D eigenvalue weighted by molar-refractivity contribution is 9.10. The molecule has 1 aromatic heterocycles. The predicted octanol–water partition coefficient (Wildman–Crippen LogP) is 2.94. The molecule has 0 fully saturated rings. The highest BCUT2D eigenvalue weighted by atomic mass is 79.9. The SMILES string of the molecule is CN(CCC(=O)O)C(=O)Nc1cccc2cc(Br)cnc12. The van der Waals surface area contributed by atoms with E-state index in [1.807, 2.05) is 18.2 Å². The first-order valence-corrected chi connectivity index (χ1v) is 7.05. The van der Waals surface area contributed by atoms with Crippen LogP contribution < -0.4 is 5.32 Å². The summed E-state index contributed by atoms with van der Waals surface area (Å²) in [4.78, 5) is 28.2. The average Bonchev–Trinajstić information content (AvgIpc) is 2.44. The molecule has 0 aliphatic rings. The molecule has 21 heavy (non-hydrogen) atoms. The molecule has 1 aromatic carbocycles. The summed E-state index contributed by atoms with van der Waals surface area (Å²) in [5, 5.41) is 12.3. The minimum atomic E-state index is -0.939. The second-order valence-corrected chi connectivity index (χ2v) is 5.44. The van der Waals surface area contributed by atoms with Crippen LogP contribution in [0.4, 0.5) is 10.5 Å². The van der Waals surface area contributed by atoms with Crippen molar-refractivity contribution in [1.29, 1.82) is 0 Å². The van der Waals surface area contributed by atoms with E-state index in [2.05, 4.69) is 26.2 Å². The van der Waals surface area contributed by atoms with Crippen molar-refractivity contribution in [2.24, 2.45) is 0 Å². The first-order valence-electron chi connectivity index (χ1n) is 6.25. The van der Waals surface area contributed by atoms with Crippen LogP contribution in [0, 0.1) is 0 Å². The lowest BCUT2D eigenvalue weighted by molar-refractivity contribution is -0.137. The molecule has 2 rings (SSSR count). The number of carboxylic acids is 1. The van der Waals surface area contributed by atoms with Crippen molar-refractivity contribution in [2.45, 2.75) is 6.42 Å². The van der Waals surface area contributed by atoms with Crippen molar-refractivity contribution in [3.8, 4) is 0 Å². The van der Waals surface area contributed by atoms with Gasteiger partial charge in [-0.3, -0.25) is 9.78 Å². The molecule has 0 aliphatic heterocycles. The number of benzene rings is 1. The fourth-order valence-electron chi connectivity index (χ4n) is 1.81. The van der Waals surface area contributed by atoms with Crippen LogP contribution in [0.3, 0.4) is 0 Å². The van der Waals surface area contributed by atoms with Gasteiger partial charge in [0, 0.05) is 29.6 Å². The fraction of sp³-hybridized carbons (Fsp3) is 0.214. The van der Waals surface area contributed by atoms with Gasteiger partial charge >= 0.3 is 12.0 Å². The number of hydrogen-bond acceptors (Lipinski definition) is 3. The van der Waals surface area contributed by atoms with E-state index in [-0.39, 0.29) is 19.0 Å². The quantitative estimate of drug-likeness (QED) is 0.886. The molecule has 2 aromatic rings. The molecule has 2 amide bonds. The van der Waals surface area contributed by atoms with Crippen LogP contribution in [0.25, 0.3) is 10.9 Å². The molecule has 7 heteroatoms. The summed E-state index contributed by atoms with van der Waals surface area (Å²) in [6.45, 7) is 0.144. The van der Waals surface area contributed by atoms with Crippen molar-refractivity contribution in [3.05, 3.63) is 34.9 Å². The monoisotopic (exact) mass is 351 g/mol. The van der Waals surface area contributed by atoms with Crippen molar-refractivity contribution in [2.75, 3.05) is 18.9 Å². The summed E-state index contributed by atoms with van der Waals surface area (Å²) in [6.07, 6.45) is 1.57. The van der Waals surface area contributed by atoms with Gasteiger partial charge in [0.25, 0.3) is 0 Å². The number of amides is 2. The number of hydrogen-bond donors (Lipinski definition) is 2. The van der Waals surface area contributed by atoms with Gasteiger partial charge in [-0.2, -0.15) is 0 Å². The number of fused-ring (bicyclic) bond motifs is 1. The van der Waals surface area contributed by atoms with E-state index in [4.69, 9.17) is 5.11 Å². The average molecular weight is 352 g/mol. The molecule has 110 valence electrons. The topological polar surface area (TPSA) is 82.5 Å². The highest BCUT2D eigenvalue weighted by Crippen LogP contribution is 2.24. The number of pyridine rings is 1. The summed E-state index contributed by atoms with van der Waals surface area (Å²) in [5.41, 5.74) is 1.27. The van der Waals surface area contributed by atoms with Crippen molar-refractivity contribution >= 4 is 44.5 Å². The molecule has 1 heterocycles. The Morgan fingerprint density at radius 1 is 1.43 bits per heavy atom. The molecule has 2 N–H and O–H groups in total. The first kappa shape index (κ1) is 15.2. The van der Waals surface area contributed by atoms with Crippen molar-refractivity contribution in [3.63, 3.8) is 0 Å². The Kier molecular flexibility index (Phi) is 4.74. The van der Waals surface area contributed by atoms with Crippen LogP contribution in [-0.2, 0) is 4.79 Å². The van der Waals surface area contributed by atoms with E-state index in [1.165, 1.54) is 4.90 Å². The molecule has 0 saturated carbocycles. The minimum absolute atomic E-state index is 0.0926. The normalized spacial score (nSPS) is 10.4. The van der Waals surface area contributed by atoms with Crippen LogP contribution in [0.1, 0.15) is 6.42 Å². The van der Waals surface area contributed by atoms with Gasteiger partial charge in [-0.25, -0.2) is 4.79 Å².